The summed E-state index contributed by atoms with van der Waals surface area (Å²) in [6, 6.07) is 11.1. The average Bonchev–Trinajstić information content (AvgIpc) is 3.33. The molecule has 136 valence electrons. The highest BCUT2D eigenvalue weighted by Gasteiger charge is 2.55. The lowest BCUT2D eigenvalue weighted by Gasteiger charge is -2.23. The van der Waals surface area contributed by atoms with E-state index in [4.69, 9.17) is 4.74 Å². The fourth-order valence-corrected chi connectivity index (χ4v) is 4.35. The van der Waals surface area contributed by atoms with E-state index in [2.05, 4.69) is 5.32 Å². The molecule has 0 bridgehead atoms. The van der Waals surface area contributed by atoms with E-state index in [-0.39, 0.29) is 19.1 Å². The Balaban J connectivity index is 1.40. The standard InChI is InChI=1S/C19H20N2O4S/c22-14(11-25-12-15-5-3-9-26-15)10-21-17(23)19(20-18(21)24)8-7-13-4-1-2-6-16(13)19/h1-6,9,14,22H,7-8,10-12H2,(H,20,24)/t14-,19+/m1/s1. The van der Waals surface area contributed by atoms with Gasteiger partial charge in [0.25, 0.3) is 5.91 Å². The lowest BCUT2D eigenvalue weighted by molar-refractivity contribution is -0.133. The maximum absolute atomic E-state index is 13.0. The smallest absolute Gasteiger partial charge is 0.325 e. The fraction of sp³-hybridized carbons (Fsp3) is 0.368. The molecule has 1 aromatic heterocycles. The van der Waals surface area contributed by atoms with E-state index in [1.807, 2.05) is 41.8 Å². The molecule has 2 aliphatic rings. The molecule has 2 aromatic rings. The minimum Gasteiger partial charge on any atom is -0.389 e. The Bertz CT molecular complexity index is 823. The number of imide groups is 1. The predicted molar refractivity (Wildman–Crippen MR) is 96.7 cm³/mol. The number of benzene rings is 1. The van der Waals surface area contributed by atoms with Crippen molar-refractivity contribution in [2.75, 3.05) is 13.2 Å². The number of hydrogen-bond acceptors (Lipinski definition) is 5. The topological polar surface area (TPSA) is 78.9 Å². The molecule has 1 aromatic carbocycles. The highest BCUT2D eigenvalue weighted by molar-refractivity contribution is 7.09. The first-order chi connectivity index (χ1) is 12.6. The normalized spacial score (nSPS) is 22.7. The van der Waals surface area contributed by atoms with Gasteiger partial charge < -0.3 is 15.2 Å². The van der Waals surface area contributed by atoms with Gasteiger partial charge in [-0.2, -0.15) is 0 Å². The number of nitrogens with zero attached hydrogens (tertiary/aromatic N) is 1. The number of nitrogens with one attached hydrogen (secondary N) is 1. The Kier molecular flexibility index (Phi) is 4.52. The van der Waals surface area contributed by atoms with Crippen LogP contribution in [0.2, 0.25) is 0 Å². The molecule has 0 saturated carbocycles. The Hall–Kier alpha value is -2.22. The molecule has 2 heterocycles. The predicted octanol–water partition coefficient (Wildman–Crippen LogP) is 2.02. The van der Waals surface area contributed by atoms with Gasteiger partial charge in [-0.1, -0.05) is 30.3 Å². The number of carbonyl (C=O) groups is 2. The molecule has 1 fully saturated rings. The molecule has 0 unspecified atom stereocenters. The van der Waals surface area contributed by atoms with Crippen LogP contribution in [0.3, 0.4) is 0 Å². The number of rotatable bonds is 6. The summed E-state index contributed by atoms with van der Waals surface area (Å²) in [4.78, 5) is 27.6. The van der Waals surface area contributed by atoms with Gasteiger partial charge >= 0.3 is 6.03 Å². The lowest BCUT2D eigenvalue weighted by atomic mass is 9.92. The van der Waals surface area contributed by atoms with Crippen LogP contribution in [0.25, 0.3) is 0 Å². The second kappa shape index (κ2) is 6.83. The van der Waals surface area contributed by atoms with Gasteiger partial charge in [-0.3, -0.25) is 9.69 Å². The van der Waals surface area contributed by atoms with Crippen molar-refractivity contribution < 1.29 is 19.4 Å². The van der Waals surface area contributed by atoms with Crippen LogP contribution in [0, 0.1) is 0 Å². The number of aryl methyl sites for hydroxylation is 1. The van der Waals surface area contributed by atoms with E-state index in [1.165, 1.54) is 0 Å². The zero-order valence-electron chi connectivity index (χ0n) is 14.2. The summed E-state index contributed by atoms with van der Waals surface area (Å²) in [5.41, 5.74) is 0.970. The van der Waals surface area contributed by atoms with Crippen LogP contribution in [-0.4, -0.2) is 41.2 Å². The lowest BCUT2D eigenvalue weighted by Crippen LogP contribution is -2.43. The van der Waals surface area contributed by atoms with Crippen molar-refractivity contribution in [3.05, 3.63) is 57.8 Å². The molecule has 4 rings (SSSR count). The number of carbonyl (C=O) groups excluding carboxylic acids is 2. The molecular weight excluding hydrogens is 352 g/mol. The van der Waals surface area contributed by atoms with E-state index in [1.54, 1.807) is 11.3 Å². The quantitative estimate of drug-likeness (QED) is 0.761. The molecule has 1 aliphatic carbocycles. The molecular formula is C19H20N2O4S. The summed E-state index contributed by atoms with van der Waals surface area (Å²) in [6.07, 6.45) is 0.387. The molecule has 7 heteroatoms. The van der Waals surface area contributed by atoms with Crippen LogP contribution in [0.15, 0.2) is 41.8 Å². The first-order valence-electron chi connectivity index (χ1n) is 8.61. The minimum absolute atomic E-state index is 0.0680. The van der Waals surface area contributed by atoms with Gasteiger partial charge in [0.2, 0.25) is 0 Å². The summed E-state index contributed by atoms with van der Waals surface area (Å²) < 4.78 is 5.48. The highest BCUT2D eigenvalue weighted by Crippen LogP contribution is 2.41. The fourth-order valence-electron chi connectivity index (χ4n) is 3.71. The van der Waals surface area contributed by atoms with Crippen molar-refractivity contribution in [3.8, 4) is 0 Å². The van der Waals surface area contributed by atoms with Gasteiger partial charge in [0.15, 0.2) is 0 Å². The second-order valence-corrected chi connectivity index (χ2v) is 7.69. The Labute approximate surface area is 155 Å². The number of hydrogen-bond donors (Lipinski definition) is 2. The summed E-state index contributed by atoms with van der Waals surface area (Å²) in [5.74, 6) is -0.287. The second-order valence-electron chi connectivity index (χ2n) is 6.66. The maximum Gasteiger partial charge on any atom is 0.325 e. The number of urea groups is 1. The molecule has 1 saturated heterocycles. The largest absolute Gasteiger partial charge is 0.389 e. The van der Waals surface area contributed by atoms with E-state index in [9.17, 15) is 14.7 Å². The summed E-state index contributed by atoms with van der Waals surface area (Å²) in [7, 11) is 0. The van der Waals surface area contributed by atoms with Gasteiger partial charge in [-0.15, -0.1) is 11.3 Å². The van der Waals surface area contributed by atoms with Crippen molar-refractivity contribution in [3.63, 3.8) is 0 Å². The molecule has 2 atom stereocenters. The number of thiophene rings is 1. The third-order valence-electron chi connectivity index (χ3n) is 4.95. The molecule has 0 radical (unpaired) electrons. The summed E-state index contributed by atoms with van der Waals surface area (Å²) in [5, 5.41) is 15.0. The van der Waals surface area contributed by atoms with E-state index >= 15 is 0 Å². The van der Waals surface area contributed by atoms with E-state index < -0.39 is 17.7 Å². The first kappa shape index (κ1) is 17.2. The van der Waals surface area contributed by atoms with Crippen molar-refractivity contribution in [1.29, 1.82) is 0 Å². The van der Waals surface area contributed by atoms with Gasteiger partial charge in [0.05, 0.1) is 25.9 Å². The van der Waals surface area contributed by atoms with Gasteiger partial charge in [-0.05, 0) is 35.4 Å². The molecule has 1 aliphatic heterocycles. The number of amides is 3. The van der Waals surface area contributed by atoms with Crippen molar-refractivity contribution in [2.45, 2.75) is 31.1 Å². The maximum atomic E-state index is 13.0. The third kappa shape index (κ3) is 2.92. The average molecular weight is 372 g/mol. The third-order valence-corrected chi connectivity index (χ3v) is 5.80. The molecule has 1 spiro atoms. The first-order valence-corrected chi connectivity index (χ1v) is 9.49. The zero-order chi connectivity index (χ0) is 18.1. The van der Waals surface area contributed by atoms with Crippen LogP contribution < -0.4 is 5.32 Å². The molecule has 6 nitrogen and oxygen atoms in total. The number of β-amino-alcohol motifs (C(OH)–C–C–N with tert-alkyl or cyclic N) is 1. The number of aliphatic hydroxyl groups is 1. The van der Waals surface area contributed by atoms with Crippen molar-refractivity contribution in [2.24, 2.45) is 0 Å². The highest BCUT2D eigenvalue weighted by atomic mass is 32.1. The van der Waals surface area contributed by atoms with Crippen LogP contribution in [0.5, 0.6) is 0 Å². The van der Waals surface area contributed by atoms with Gasteiger partial charge in [0, 0.05) is 4.88 Å². The molecule has 2 N–H and O–H groups in total. The zero-order valence-corrected chi connectivity index (χ0v) is 15.0. The Morgan fingerprint density at radius 3 is 2.92 bits per heavy atom. The van der Waals surface area contributed by atoms with E-state index in [0.717, 1.165) is 27.3 Å². The minimum atomic E-state index is -0.981. The van der Waals surface area contributed by atoms with Crippen molar-refractivity contribution in [1.82, 2.24) is 10.2 Å². The van der Waals surface area contributed by atoms with Crippen LogP contribution in [-0.2, 0) is 28.1 Å². The number of fused-ring (bicyclic) bond motifs is 2. The number of ether oxygens (including phenoxy) is 1. The monoisotopic (exact) mass is 372 g/mol. The Morgan fingerprint density at radius 1 is 1.27 bits per heavy atom. The summed E-state index contributed by atoms with van der Waals surface area (Å²) in [6.45, 7) is 0.407. The molecule has 3 amide bonds. The number of aliphatic hydroxyl groups excluding tert-OH is 1. The van der Waals surface area contributed by atoms with Crippen LogP contribution in [0.4, 0.5) is 4.79 Å². The molecule has 26 heavy (non-hydrogen) atoms. The van der Waals surface area contributed by atoms with Gasteiger partial charge in [-0.25, -0.2) is 4.79 Å². The SMILES string of the molecule is O=C1N[C@]2(CCc3ccccc32)C(=O)N1C[C@@H](O)COCc1cccs1. The Morgan fingerprint density at radius 2 is 2.12 bits per heavy atom. The van der Waals surface area contributed by atoms with E-state index in [0.29, 0.717) is 13.0 Å². The van der Waals surface area contributed by atoms with Crippen LogP contribution in [0.1, 0.15) is 22.4 Å². The van der Waals surface area contributed by atoms with Gasteiger partial charge in [0.1, 0.15) is 5.54 Å². The summed E-state index contributed by atoms with van der Waals surface area (Å²) >= 11 is 1.58. The van der Waals surface area contributed by atoms with Crippen LogP contribution >= 0.6 is 11.3 Å². The van der Waals surface area contributed by atoms with Crippen molar-refractivity contribution >= 4 is 23.3 Å².